The van der Waals surface area contributed by atoms with Gasteiger partial charge in [0.2, 0.25) is 0 Å². The molecular formula is C20H38O13. The maximum atomic E-state index is 10.0. The number of carboxylic acids is 1. The molecule has 9 N–H and O–H groups in total. The van der Waals surface area contributed by atoms with E-state index in [1.807, 2.05) is 0 Å². The molecule has 2 aliphatic rings. The Morgan fingerprint density at radius 1 is 0.697 bits per heavy atom. The Hall–Kier alpha value is -0.970. The molecule has 0 bridgehead atoms. The zero-order chi connectivity index (χ0) is 25.1. The van der Waals surface area contributed by atoms with Gasteiger partial charge in [-0.15, -0.1) is 0 Å². The molecule has 13 heteroatoms. The third kappa shape index (κ3) is 8.96. The molecule has 0 aromatic carbocycles. The molecule has 2 rings (SSSR count). The van der Waals surface area contributed by atoms with Gasteiger partial charge in [0.1, 0.15) is 48.8 Å². The summed E-state index contributed by atoms with van der Waals surface area (Å²) >= 11 is 0. The van der Waals surface area contributed by atoms with Crippen LogP contribution in [0.25, 0.3) is 0 Å². The SMILES string of the molecule is CCCCCCCC(=O)O.OC[C@H]1O[C@H](O[C@H]2O[C@H](CO)[C@@H](O)[C@H](O)[C@H]2O)[C@H](O)[C@@H](O)[C@@H]1O. The van der Waals surface area contributed by atoms with Gasteiger partial charge in [0.05, 0.1) is 13.2 Å². The van der Waals surface area contributed by atoms with Crippen molar-refractivity contribution < 1.29 is 65.0 Å². The third-order valence-electron chi connectivity index (χ3n) is 5.46. The monoisotopic (exact) mass is 486 g/mol. The van der Waals surface area contributed by atoms with Crippen molar-refractivity contribution in [3.05, 3.63) is 0 Å². The topological polar surface area (TPSA) is 227 Å². The fraction of sp³-hybridized carbons (Fsp3) is 0.950. The molecule has 2 fully saturated rings. The first-order valence-electron chi connectivity index (χ1n) is 11.1. The Morgan fingerprint density at radius 2 is 1.12 bits per heavy atom. The Kier molecular flexibility index (Phi) is 13.8. The van der Waals surface area contributed by atoms with Crippen LogP contribution in [0.2, 0.25) is 0 Å². The second kappa shape index (κ2) is 15.1. The summed E-state index contributed by atoms with van der Waals surface area (Å²) in [4.78, 5) is 10.0. The lowest BCUT2D eigenvalue weighted by Gasteiger charge is -2.44. The number of hydrogen-bond donors (Lipinski definition) is 9. The van der Waals surface area contributed by atoms with E-state index in [2.05, 4.69) is 6.92 Å². The lowest BCUT2D eigenvalue weighted by atomic mass is 9.98. The van der Waals surface area contributed by atoms with E-state index in [0.29, 0.717) is 6.42 Å². The van der Waals surface area contributed by atoms with Crippen molar-refractivity contribution in [2.24, 2.45) is 0 Å². The summed E-state index contributed by atoms with van der Waals surface area (Å²) in [6, 6.07) is 0. The molecule has 0 aliphatic carbocycles. The molecule has 10 atom stereocenters. The normalized spacial score (nSPS) is 38.9. The molecule has 2 saturated heterocycles. The van der Waals surface area contributed by atoms with Crippen molar-refractivity contribution >= 4 is 5.97 Å². The van der Waals surface area contributed by atoms with Gasteiger partial charge in [-0.1, -0.05) is 32.6 Å². The minimum absolute atomic E-state index is 0.337. The second-order valence-electron chi connectivity index (χ2n) is 8.09. The highest BCUT2D eigenvalue weighted by atomic mass is 16.8. The minimum Gasteiger partial charge on any atom is -0.481 e. The van der Waals surface area contributed by atoms with Crippen LogP contribution in [0.15, 0.2) is 0 Å². The Balaban J connectivity index is 0.000000461. The molecule has 0 unspecified atom stereocenters. The van der Waals surface area contributed by atoms with E-state index < -0.39 is 80.6 Å². The van der Waals surface area contributed by atoms with Crippen LogP contribution in [-0.2, 0) is 19.0 Å². The molecule has 2 aliphatic heterocycles. The van der Waals surface area contributed by atoms with Crippen molar-refractivity contribution in [1.82, 2.24) is 0 Å². The van der Waals surface area contributed by atoms with Crippen LogP contribution >= 0.6 is 0 Å². The highest BCUT2D eigenvalue weighted by Gasteiger charge is 2.49. The standard InChI is InChI=1S/C12H22O11.C8H16O2/c13-1-3-5(15)7(17)9(19)11(21-3)23-12-10(20)8(18)6(16)4(2-14)22-12;1-2-3-4-5-6-7-8(9)10/h3-20H,1-2H2;2-7H2,1H3,(H,9,10)/t3-,4-,5-,6-,7+,8+,9-,10-,11-,12-;/m1./s1. The highest BCUT2D eigenvalue weighted by Crippen LogP contribution is 2.27. The summed E-state index contributed by atoms with van der Waals surface area (Å²) in [5.74, 6) is -0.670. The van der Waals surface area contributed by atoms with Gasteiger partial charge in [0.25, 0.3) is 0 Å². The lowest BCUT2D eigenvalue weighted by Crippen LogP contribution is -2.63. The third-order valence-corrected chi connectivity index (χ3v) is 5.46. The number of unbranched alkanes of at least 4 members (excludes halogenated alkanes) is 4. The van der Waals surface area contributed by atoms with Crippen LogP contribution in [0.5, 0.6) is 0 Å². The predicted octanol–water partition coefficient (Wildman–Crippen LogP) is -2.97. The van der Waals surface area contributed by atoms with E-state index >= 15 is 0 Å². The summed E-state index contributed by atoms with van der Waals surface area (Å²) in [5.41, 5.74) is 0. The number of ether oxygens (including phenoxy) is 3. The summed E-state index contributed by atoms with van der Waals surface area (Å²) in [7, 11) is 0. The molecule has 33 heavy (non-hydrogen) atoms. The van der Waals surface area contributed by atoms with E-state index in [0.717, 1.165) is 12.8 Å². The van der Waals surface area contributed by atoms with Crippen LogP contribution in [0.3, 0.4) is 0 Å². The highest BCUT2D eigenvalue weighted by molar-refractivity contribution is 5.66. The Morgan fingerprint density at radius 3 is 1.48 bits per heavy atom. The average Bonchev–Trinajstić information content (AvgIpc) is 2.79. The number of aliphatic hydroxyl groups is 8. The van der Waals surface area contributed by atoms with Crippen molar-refractivity contribution in [3.8, 4) is 0 Å². The van der Waals surface area contributed by atoms with Crippen molar-refractivity contribution in [2.45, 2.75) is 107 Å². The van der Waals surface area contributed by atoms with E-state index in [-0.39, 0.29) is 0 Å². The zero-order valence-corrected chi connectivity index (χ0v) is 18.6. The zero-order valence-electron chi connectivity index (χ0n) is 18.6. The fourth-order valence-electron chi connectivity index (χ4n) is 3.37. The van der Waals surface area contributed by atoms with Gasteiger partial charge in [-0.2, -0.15) is 0 Å². The smallest absolute Gasteiger partial charge is 0.303 e. The van der Waals surface area contributed by atoms with Crippen molar-refractivity contribution in [3.63, 3.8) is 0 Å². The van der Waals surface area contributed by atoms with Gasteiger partial charge in [0, 0.05) is 6.42 Å². The molecule has 13 nitrogen and oxygen atoms in total. The number of aliphatic hydroxyl groups excluding tert-OH is 8. The summed E-state index contributed by atoms with van der Waals surface area (Å²) in [6.07, 6.45) is -9.71. The molecule has 0 amide bonds. The number of hydrogen-bond acceptors (Lipinski definition) is 12. The van der Waals surface area contributed by atoms with Crippen LogP contribution in [0.4, 0.5) is 0 Å². The predicted molar refractivity (Wildman–Crippen MR) is 110 cm³/mol. The average molecular weight is 487 g/mol. The van der Waals surface area contributed by atoms with Gasteiger partial charge in [-0.25, -0.2) is 0 Å². The van der Waals surface area contributed by atoms with E-state index in [9.17, 15) is 35.4 Å². The Bertz CT molecular complexity index is 512. The van der Waals surface area contributed by atoms with Crippen LogP contribution in [0.1, 0.15) is 45.4 Å². The van der Waals surface area contributed by atoms with Crippen molar-refractivity contribution in [2.75, 3.05) is 13.2 Å². The van der Waals surface area contributed by atoms with Gasteiger partial charge in [-0.05, 0) is 6.42 Å². The summed E-state index contributed by atoms with van der Waals surface area (Å²) in [6.45, 7) is 0.816. The largest absolute Gasteiger partial charge is 0.481 e. The van der Waals surface area contributed by atoms with Gasteiger partial charge >= 0.3 is 5.97 Å². The van der Waals surface area contributed by atoms with E-state index in [1.165, 1.54) is 19.3 Å². The van der Waals surface area contributed by atoms with E-state index in [1.54, 1.807) is 0 Å². The number of carboxylic acid groups (broad SMARTS) is 1. The molecule has 0 aromatic heterocycles. The minimum atomic E-state index is -1.72. The Labute approximate surface area is 191 Å². The molecule has 2 heterocycles. The maximum Gasteiger partial charge on any atom is 0.303 e. The molecule has 0 aromatic rings. The van der Waals surface area contributed by atoms with Gasteiger partial charge in [-0.3, -0.25) is 4.79 Å². The molecular weight excluding hydrogens is 448 g/mol. The fourth-order valence-corrected chi connectivity index (χ4v) is 3.37. The number of aliphatic carboxylic acids is 1. The molecule has 0 radical (unpaired) electrons. The molecule has 0 spiro atoms. The summed E-state index contributed by atoms with van der Waals surface area (Å²) < 4.78 is 15.3. The first-order chi connectivity index (χ1) is 15.6. The lowest BCUT2D eigenvalue weighted by molar-refractivity contribution is -0.376. The van der Waals surface area contributed by atoms with Gasteiger partial charge in [0.15, 0.2) is 12.6 Å². The number of carbonyl (C=O) groups is 1. The van der Waals surface area contributed by atoms with Crippen LogP contribution in [-0.4, -0.2) is 127 Å². The summed E-state index contributed by atoms with van der Waals surface area (Å²) in [5, 5.41) is 84.7. The van der Waals surface area contributed by atoms with Crippen LogP contribution in [0, 0.1) is 0 Å². The first kappa shape index (κ1) is 30.1. The maximum absolute atomic E-state index is 10.0. The van der Waals surface area contributed by atoms with Crippen LogP contribution < -0.4 is 0 Å². The van der Waals surface area contributed by atoms with E-state index in [4.69, 9.17) is 29.5 Å². The molecule has 196 valence electrons. The first-order valence-corrected chi connectivity index (χ1v) is 11.1. The molecule has 0 saturated carbocycles. The second-order valence-corrected chi connectivity index (χ2v) is 8.09. The quantitative estimate of drug-likeness (QED) is 0.141. The van der Waals surface area contributed by atoms with Crippen molar-refractivity contribution in [1.29, 1.82) is 0 Å². The van der Waals surface area contributed by atoms with Gasteiger partial charge < -0.3 is 60.2 Å². The number of rotatable bonds is 10.